The first-order chi connectivity index (χ1) is 16.0. The highest BCUT2D eigenvalue weighted by Gasteiger charge is 2.20. The van der Waals surface area contributed by atoms with Crippen molar-refractivity contribution in [3.8, 4) is 5.69 Å². The Kier molecular flexibility index (Phi) is 7.38. The molecular formula is C23H26N4O6S. The summed E-state index contributed by atoms with van der Waals surface area (Å²) in [6, 6.07) is 13.5. The number of para-hydroxylation sites is 1. The molecule has 0 bridgehead atoms. The summed E-state index contributed by atoms with van der Waals surface area (Å²) in [6.07, 6.45) is 0. The number of nitrogens with one attached hydrogen (secondary N) is 2. The van der Waals surface area contributed by atoms with Crippen molar-refractivity contribution in [2.75, 3.05) is 18.5 Å². The van der Waals surface area contributed by atoms with E-state index in [0.29, 0.717) is 11.4 Å². The first-order valence-electron chi connectivity index (χ1n) is 10.4. The summed E-state index contributed by atoms with van der Waals surface area (Å²) in [6.45, 7) is 3.99. The summed E-state index contributed by atoms with van der Waals surface area (Å²) in [5, 5.41) is 2.47. The van der Waals surface area contributed by atoms with Crippen LogP contribution in [0.2, 0.25) is 0 Å². The molecule has 0 aliphatic heterocycles. The van der Waals surface area contributed by atoms with Gasteiger partial charge < -0.3 is 10.1 Å². The molecule has 11 heteroatoms. The summed E-state index contributed by atoms with van der Waals surface area (Å²) in [4.78, 5) is 37.1. The molecule has 180 valence electrons. The van der Waals surface area contributed by atoms with Crippen LogP contribution in [0.25, 0.3) is 5.69 Å². The number of nitrogens with zero attached hydrogens (tertiary/aromatic N) is 2. The number of ether oxygens (including phenoxy) is 1. The standard InChI is InChI=1S/C23H26N4O6S/c1-15-10-11-19(12-16(15)2)34(31,32)24-13-21(29)33-14-20(28)25-22-17(3)26(4)27(23(22)30)18-8-6-5-7-9-18/h5-12,24H,13-14H2,1-4H3,(H,25,28). The van der Waals surface area contributed by atoms with Crippen LogP contribution in [0, 0.1) is 20.8 Å². The molecule has 0 radical (unpaired) electrons. The van der Waals surface area contributed by atoms with Gasteiger partial charge in [0.25, 0.3) is 11.5 Å². The van der Waals surface area contributed by atoms with Crippen molar-refractivity contribution in [3.63, 3.8) is 0 Å². The summed E-state index contributed by atoms with van der Waals surface area (Å²) >= 11 is 0. The highest BCUT2D eigenvalue weighted by molar-refractivity contribution is 7.89. The fourth-order valence-electron chi connectivity index (χ4n) is 3.20. The van der Waals surface area contributed by atoms with Crippen LogP contribution < -0.4 is 15.6 Å². The number of carbonyl (C=O) groups excluding carboxylic acids is 2. The maximum absolute atomic E-state index is 12.8. The Balaban J connectivity index is 1.59. The molecule has 2 N–H and O–H groups in total. The van der Waals surface area contributed by atoms with Crippen LogP contribution in [0.3, 0.4) is 0 Å². The van der Waals surface area contributed by atoms with Crippen LogP contribution in [-0.2, 0) is 31.4 Å². The average molecular weight is 487 g/mol. The lowest BCUT2D eigenvalue weighted by Gasteiger charge is -2.09. The van der Waals surface area contributed by atoms with Crippen LogP contribution >= 0.6 is 0 Å². The van der Waals surface area contributed by atoms with Gasteiger partial charge >= 0.3 is 5.97 Å². The molecular weight excluding hydrogens is 460 g/mol. The van der Waals surface area contributed by atoms with Crippen LogP contribution in [0.5, 0.6) is 0 Å². The first kappa shape index (κ1) is 24.9. The Bertz CT molecular complexity index is 1390. The zero-order valence-corrected chi connectivity index (χ0v) is 20.1. The minimum Gasteiger partial charge on any atom is -0.455 e. The van der Waals surface area contributed by atoms with Gasteiger partial charge in [-0.25, -0.2) is 13.1 Å². The van der Waals surface area contributed by atoms with Gasteiger partial charge in [0, 0.05) is 7.05 Å². The molecule has 3 aromatic rings. The van der Waals surface area contributed by atoms with Gasteiger partial charge in [0.05, 0.1) is 16.3 Å². The van der Waals surface area contributed by atoms with Crippen LogP contribution in [0.15, 0.2) is 58.2 Å². The van der Waals surface area contributed by atoms with E-state index in [1.807, 2.05) is 13.0 Å². The molecule has 10 nitrogen and oxygen atoms in total. The normalized spacial score (nSPS) is 11.3. The largest absolute Gasteiger partial charge is 0.455 e. The number of carbonyl (C=O) groups is 2. The van der Waals surface area contributed by atoms with Crippen LogP contribution in [0.1, 0.15) is 16.8 Å². The third kappa shape index (κ3) is 5.43. The molecule has 0 spiro atoms. The van der Waals surface area contributed by atoms with E-state index in [1.54, 1.807) is 55.9 Å². The Hall–Kier alpha value is -3.70. The maximum atomic E-state index is 12.8. The molecule has 1 amide bonds. The molecule has 0 fully saturated rings. The number of rotatable bonds is 8. The monoisotopic (exact) mass is 486 g/mol. The fraction of sp³-hybridized carbons (Fsp3) is 0.261. The number of aromatic nitrogens is 2. The molecule has 1 heterocycles. The lowest BCUT2D eigenvalue weighted by molar-refractivity contribution is -0.146. The van der Waals surface area contributed by atoms with E-state index in [4.69, 9.17) is 4.74 Å². The van der Waals surface area contributed by atoms with Gasteiger partial charge in [0.2, 0.25) is 10.0 Å². The topological polar surface area (TPSA) is 128 Å². The number of hydrogen-bond acceptors (Lipinski definition) is 6. The van der Waals surface area contributed by atoms with E-state index < -0.39 is 40.6 Å². The van der Waals surface area contributed by atoms with Crippen molar-refractivity contribution in [1.82, 2.24) is 14.1 Å². The summed E-state index contributed by atoms with van der Waals surface area (Å²) in [7, 11) is -2.24. The van der Waals surface area contributed by atoms with Gasteiger partial charge in [0.1, 0.15) is 12.2 Å². The highest BCUT2D eigenvalue weighted by Crippen LogP contribution is 2.15. The predicted molar refractivity (Wildman–Crippen MR) is 126 cm³/mol. The van der Waals surface area contributed by atoms with E-state index in [2.05, 4.69) is 10.0 Å². The predicted octanol–water partition coefficient (Wildman–Crippen LogP) is 1.56. The van der Waals surface area contributed by atoms with Gasteiger partial charge in [-0.1, -0.05) is 24.3 Å². The van der Waals surface area contributed by atoms with Gasteiger partial charge in [-0.05, 0) is 56.2 Å². The fourth-order valence-corrected chi connectivity index (χ4v) is 4.26. The quantitative estimate of drug-likeness (QED) is 0.465. The molecule has 0 aliphatic rings. The van der Waals surface area contributed by atoms with Crippen molar-refractivity contribution < 1.29 is 22.7 Å². The number of esters is 1. The van der Waals surface area contributed by atoms with Crippen molar-refractivity contribution in [2.24, 2.45) is 7.05 Å². The molecule has 2 aromatic carbocycles. The minimum atomic E-state index is -3.92. The zero-order chi connectivity index (χ0) is 25.0. The van der Waals surface area contributed by atoms with Gasteiger partial charge in [-0.2, -0.15) is 4.72 Å². The van der Waals surface area contributed by atoms with Crippen LogP contribution in [-0.4, -0.2) is 42.8 Å². The molecule has 1 aromatic heterocycles. The number of amides is 1. The van der Waals surface area contributed by atoms with Crippen molar-refractivity contribution in [3.05, 3.63) is 75.7 Å². The molecule has 0 saturated carbocycles. The third-order valence-electron chi connectivity index (χ3n) is 5.38. The van der Waals surface area contributed by atoms with Crippen molar-refractivity contribution >= 4 is 27.6 Å². The highest BCUT2D eigenvalue weighted by atomic mass is 32.2. The Morgan fingerprint density at radius 1 is 1.00 bits per heavy atom. The second-order valence-corrected chi connectivity index (χ2v) is 9.48. The molecule has 0 aliphatic carbocycles. The Morgan fingerprint density at radius 3 is 2.32 bits per heavy atom. The molecule has 34 heavy (non-hydrogen) atoms. The van der Waals surface area contributed by atoms with Crippen molar-refractivity contribution in [2.45, 2.75) is 25.7 Å². The molecule has 0 saturated heterocycles. The summed E-state index contributed by atoms with van der Waals surface area (Å²) in [5.41, 5.74) is 2.49. The average Bonchev–Trinajstić information content (AvgIpc) is 3.01. The minimum absolute atomic E-state index is 0.0235. The third-order valence-corrected chi connectivity index (χ3v) is 6.78. The second-order valence-electron chi connectivity index (χ2n) is 7.72. The Labute approximate surface area is 197 Å². The van der Waals surface area contributed by atoms with E-state index in [0.717, 1.165) is 11.1 Å². The number of aryl methyl sites for hydroxylation is 2. The van der Waals surface area contributed by atoms with Gasteiger partial charge in [0.15, 0.2) is 6.61 Å². The SMILES string of the molecule is Cc1ccc(S(=O)(=O)NCC(=O)OCC(=O)Nc2c(C)n(C)n(-c3ccccc3)c2=O)cc1C. The molecule has 3 rings (SSSR count). The second kappa shape index (κ2) is 10.1. The van der Waals surface area contributed by atoms with Crippen LogP contribution in [0.4, 0.5) is 5.69 Å². The summed E-state index contributed by atoms with van der Waals surface area (Å²) in [5.74, 6) is -1.66. The zero-order valence-electron chi connectivity index (χ0n) is 19.3. The van der Waals surface area contributed by atoms with Gasteiger partial charge in [-0.15, -0.1) is 0 Å². The summed E-state index contributed by atoms with van der Waals surface area (Å²) < 4.78 is 34.7. The van der Waals surface area contributed by atoms with Gasteiger partial charge in [-0.3, -0.25) is 19.1 Å². The maximum Gasteiger partial charge on any atom is 0.321 e. The molecule has 0 atom stereocenters. The first-order valence-corrected chi connectivity index (χ1v) is 11.9. The number of sulfonamides is 1. The lowest BCUT2D eigenvalue weighted by atomic mass is 10.1. The number of hydrogen-bond donors (Lipinski definition) is 2. The lowest BCUT2D eigenvalue weighted by Crippen LogP contribution is -2.32. The van der Waals surface area contributed by atoms with E-state index in [-0.39, 0.29) is 10.6 Å². The van der Waals surface area contributed by atoms with E-state index in [9.17, 15) is 22.8 Å². The number of benzene rings is 2. The molecule has 0 unspecified atom stereocenters. The Morgan fingerprint density at radius 2 is 1.68 bits per heavy atom. The van der Waals surface area contributed by atoms with Crippen molar-refractivity contribution in [1.29, 1.82) is 0 Å². The smallest absolute Gasteiger partial charge is 0.321 e. The van der Waals surface area contributed by atoms with E-state index >= 15 is 0 Å². The number of anilines is 1. The van der Waals surface area contributed by atoms with E-state index in [1.165, 1.54) is 16.8 Å².